The van der Waals surface area contributed by atoms with Crippen LogP contribution in [-0.4, -0.2) is 58.3 Å². The van der Waals surface area contributed by atoms with E-state index in [-0.39, 0.29) is 24.3 Å². The van der Waals surface area contributed by atoms with Crippen LogP contribution in [0.3, 0.4) is 0 Å². The third-order valence-electron chi connectivity index (χ3n) is 5.17. The lowest BCUT2D eigenvalue weighted by atomic mass is 10.0. The molecule has 1 aromatic rings. The van der Waals surface area contributed by atoms with E-state index in [0.29, 0.717) is 25.0 Å². The normalized spacial score (nSPS) is 20.9. The molecule has 2 fully saturated rings. The van der Waals surface area contributed by atoms with Gasteiger partial charge in [-0.15, -0.1) is 0 Å². The van der Waals surface area contributed by atoms with Crippen molar-refractivity contribution in [2.75, 3.05) is 19.6 Å². The van der Waals surface area contributed by atoms with Gasteiger partial charge in [0.15, 0.2) is 0 Å². The Labute approximate surface area is 156 Å². The Morgan fingerprint density at radius 3 is 2.85 bits per heavy atom. The first-order valence-corrected chi connectivity index (χ1v) is 9.75. The Bertz CT molecular complexity index is 615. The van der Waals surface area contributed by atoms with Crippen molar-refractivity contribution in [2.24, 2.45) is 5.92 Å². The second kappa shape index (κ2) is 8.62. The zero-order valence-electron chi connectivity index (χ0n) is 15.9. The van der Waals surface area contributed by atoms with Gasteiger partial charge in [0.2, 0.25) is 11.8 Å². The van der Waals surface area contributed by atoms with Crippen LogP contribution in [0.2, 0.25) is 0 Å². The molecule has 6 heteroatoms. The van der Waals surface area contributed by atoms with Gasteiger partial charge in [-0.1, -0.05) is 19.9 Å². The highest BCUT2D eigenvalue weighted by atomic mass is 16.2. The molecule has 0 aromatic carbocycles. The Hall–Kier alpha value is -1.95. The highest BCUT2D eigenvalue weighted by Crippen LogP contribution is 2.29. The minimum atomic E-state index is -0.347. The van der Waals surface area contributed by atoms with Gasteiger partial charge in [0, 0.05) is 25.3 Å². The van der Waals surface area contributed by atoms with E-state index < -0.39 is 0 Å². The summed E-state index contributed by atoms with van der Waals surface area (Å²) in [5.41, 5.74) is 0.900. The number of carbonyl (C=O) groups is 2. The molecule has 2 amide bonds. The molecule has 1 aromatic heterocycles. The quantitative estimate of drug-likeness (QED) is 0.770. The Morgan fingerprint density at radius 2 is 2.19 bits per heavy atom. The number of rotatable bonds is 8. The lowest BCUT2D eigenvalue weighted by Crippen LogP contribution is -2.57. The van der Waals surface area contributed by atoms with E-state index in [4.69, 9.17) is 0 Å². The van der Waals surface area contributed by atoms with Crippen LogP contribution in [0.15, 0.2) is 24.4 Å². The first-order chi connectivity index (χ1) is 12.5. The maximum absolute atomic E-state index is 13.0. The zero-order chi connectivity index (χ0) is 18.5. The first-order valence-electron chi connectivity index (χ1n) is 9.75. The number of amides is 2. The van der Waals surface area contributed by atoms with Crippen molar-refractivity contribution in [3.05, 3.63) is 30.1 Å². The fourth-order valence-electron chi connectivity index (χ4n) is 3.43. The van der Waals surface area contributed by atoms with Gasteiger partial charge in [-0.2, -0.15) is 0 Å². The highest BCUT2D eigenvalue weighted by Gasteiger charge is 2.37. The van der Waals surface area contributed by atoms with Gasteiger partial charge >= 0.3 is 0 Å². The van der Waals surface area contributed by atoms with Crippen LogP contribution in [0, 0.1) is 5.92 Å². The predicted octanol–water partition coefficient (Wildman–Crippen LogP) is 1.81. The van der Waals surface area contributed by atoms with Crippen LogP contribution in [-0.2, 0) is 16.1 Å². The minimum absolute atomic E-state index is 0.0121. The third kappa shape index (κ3) is 5.04. The first kappa shape index (κ1) is 18.8. The molecule has 0 bridgehead atoms. The summed E-state index contributed by atoms with van der Waals surface area (Å²) in [6, 6.07) is 5.73. The number of nitrogens with one attached hydrogen (secondary N) is 1. The molecule has 26 heavy (non-hydrogen) atoms. The van der Waals surface area contributed by atoms with E-state index in [0.717, 1.165) is 38.0 Å². The summed E-state index contributed by atoms with van der Waals surface area (Å²) in [4.78, 5) is 33.9. The smallest absolute Gasteiger partial charge is 0.237 e. The molecule has 142 valence electrons. The third-order valence-corrected chi connectivity index (χ3v) is 5.17. The standard InChI is InChI=1S/C20H30N4O2/c1-15(2)8-11-23-12-10-22-20(26)18(23)13-19(25)24(17-6-7-17)14-16-5-3-4-9-21-16/h3-5,9,15,17-18H,6-8,10-14H2,1-2H3,(H,22,26)/t18-/m1/s1. The molecule has 2 heterocycles. The number of carbonyl (C=O) groups excluding carboxylic acids is 2. The van der Waals surface area contributed by atoms with E-state index in [2.05, 4.69) is 29.0 Å². The average molecular weight is 358 g/mol. The summed E-state index contributed by atoms with van der Waals surface area (Å²) >= 11 is 0. The van der Waals surface area contributed by atoms with Gasteiger partial charge < -0.3 is 10.2 Å². The number of nitrogens with zero attached hydrogens (tertiary/aromatic N) is 3. The summed E-state index contributed by atoms with van der Waals surface area (Å²) < 4.78 is 0. The lowest BCUT2D eigenvalue weighted by Gasteiger charge is -2.36. The molecule has 6 nitrogen and oxygen atoms in total. The molecule has 2 aliphatic rings. The maximum Gasteiger partial charge on any atom is 0.237 e. The summed E-state index contributed by atoms with van der Waals surface area (Å²) in [6.07, 6.45) is 5.15. The summed E-state index contributed by atoms with van der Waals surface area (Å²) in [5.74, 6) is 0.639. The van der Waals surface area contributed by atoms with Crippen LogP contribution in [0.1, 0.15) is 45.2 Å². The van der Waals surface area contributed by atoms with Crippen molar-refractivity contribution in [3.8, 4) is 0 Å². The number of piperazine rings is 1. The molecule has 1 aliphatic carbocycles. The van der Waals surface area contributed by atoms with Crippen molar-refractivity contribution < 1.29 is 9.59 Å². The summed E-state index contributed by atoms with van der Waals surface area (Å²) in [7, 11) is 0. The number of hydrogen-bond donors (Lipinski definition) is 1. The number of aromatic nitrogens is 1. The minimum Gasteiger partial charge on any atom is -0.353 e. The average Bonchev–Trinajstić information content (AvgIpc) is 3.46. The largest absolute Gasteiger partial charge is 0.353 e. The fourth-order valence-corrected chi connectivity index (χ4v) is 3.43. The Morgan fingerprint density at radius 1 is 1.38 bits per heavy atom. The van der Waals surface area contributed by atoms with Crippen molar-refractivity contribution in [1.29, 1.82) is 0 Å². The molecule has 1 atom stereocenters. The zero-order valence-corrected chi connectivity index (χ0v) is 15.9. The van der Waals surface area contributed by atoms with Crippen LogP contribution in [0.25, 0.3) is 0 Å². The van der Waals surface area contributed by atoms with Gasteiger partial charge in [-0.05, 0) is 43.9 Å². The molecule has 0 radical (unpaired) electrons. The van der Waals surface area contributed by atoms with Crippen molar-refractivity contribution >= 4 is 11.8 Å². The second-order valence-electron chi connectivity index (χ2n) is 7.80. The van der Waals surface area contributed by atoms with Gasteiger partial charge in [-0.25, -0.2) is 0 Å². The Balaban J connectivity index is 1.65. The molecule has 0 unspecified atom stereocenters. The van der Waals surface area contributed by atoms with Crippen LogP contribution in [0.5, 0.6) is 0 Å². The number of pyridine rings is 1. The van der Waals surface area contributed by atoms with Crippen molar-refractivity contribution in [1.82, 2.24) is 20.1 Å². The van der Waals surface area contributed by atoms with Gasteiger partial charge in [0.1, 0.15) is 0 Å². The summed E-state index contributed by atoms with van der Waals surface area (Å²) in [5, 5.41) is 2.92. The second-order valence-corrected chi connectivity index (χ2v) is 7.80. The monoisotopic (exact) mass is 358 g/mol. The van der Waals surface area contributed by atoms with E-state index in [1.165, 1.54) is 0 Å². The molecule has 1 aliphatic heterocycles. The van der Waals surface area contributed by atoms with E-state index in [1.807, 2.05) is 23.1 Å². The lowest BCUT2D eigenvalue weighted by molar-refractivity contribution is -0.139. The van der Waals surface area contributed by atoms with Crippen molar-refractivity contribution in [3.63, 3.8) is 0 Å². The van der Waals surface area contributed by atoms with E-state index in [9.17, 15) is 9.59 Å². The molecule has 1 N–H and O–H groups in total. The van der Waals surface area contributed by atoms with Crippen LogP contribution < -0.4 is 5.32 Å². The van der Waals surface area contributed by atoms with E-state index in [1.54, 1.807) is 6.20 Å². The van der Waals surface area contributed by atoms with Crippen molar-refractivity contribution in [2.45, 2.75) is 58.2 Å². The highest BCUT2D eigenvalue weighted by molar-refractivity contribution is 5.89. The molecular weight excluding hydrogens is 328 g/mol. The van der Waals surface area contributed by atoms with Gasteiger partial charge in [0.25, 0.3) is 0 Å². The van der Waals surface area contributed by atoms with Gasteiger partial charge in [0.05, 0.1) is 24.7 Å². The Kier molecular flexibility index (Phi) is 6.25. The SMILES string of the molecule is CC(C)CCN1CCNC(=O)[C@H]1CC(=O)N(Cc1ccccn1)C1CC1. The van der Waals surface area contributed by atoms with Gasteiger partial charge in [-0.3, -0.25) is 19.5 Å². The maximum atomic E-state index is 13.0. The molecule has 1 saturated heterocycles. The fraction of sp³-hybridized carbons (Fsp3) is 0.650. The van der Waals surface area contributed by atoms with Crippen LogP contribution in [0.4, 0.5) is 0 Å². The number of hydrogen-bond acceptors (Lipinski definition) is 4. The molecule has 1 saturated carbocycles. The summed E-state index contributed by atoms with van der Waals surface area (Å²) in [6.45, 7) is 7.26. The topological polar surface area (TPSA) is 65.5 Å². The molecule has 0 spiro atoms. The van der Waals surface area contributed by atoms with E-state index >= 15 is 0 Å². The molecule has 3 rings (SSSR count). The predicted molar refractivity (Wildman–Crippen MR) is 100 cm³/mol. The van der Waals surface area contributed by atoms with Crippen LogP contribution >= 0.6 is 0 Å². The molecular formula is C20H30N4O2.